The van der Waals surface area contributed by atoms with Crippen LogP contribution in [0, 0.1) is 5.92 Å². The highest BCUT2D eigenvalue weighted by Gasteiger charge is 2.48. The summed E-state index contributed by atoms with van der Waals surface area (Å²) in [6, 6.07) is 1.81. The normalized spacial score (nSPS) is 26.9. The Hall–Kier alpha value is -1.48. The fraction of sp³-hybridized carbons (Fsp3) is 0.500. The summed E-state index contributed by atoms with van der Waals surface area (Å²) in [6.07, 6.45) is 5.92. The molecule has 22 heavy (non-hydrogen) atoms. The number of hydrogen-bond acceptors (Lipinski definition) is 3. The minimum Gasteiger partial charge on any atom is -0.493 e. The smallest absolute Gasteiger partial charge is 0.165 e. The Morgan fingerprint density at radius 2 is 2.05 bits per heavy atom. The molecule has 118 valence electrons. The Morgan fingerprint density at radius 1 is 1.32 bits per heavy atom. The molecular weight excluding hydrogens is 300 g/mol. The molecule has 0 aromatic heterocycles. The van der Waals surface area contributed by atoms with E-state index in [0.29, 0.717) is 35.3 Å². The van der Waals surface area contributed by atoms with Crippen molar-refractivity contribution in [1.29, 1.82) is 0 Å². The quantitative estimate of drug-likeness (QED) is 0.787. The molecule has 0 heterocycles. The molecule has 2 aliphatic rings. The summed E-state index contributed by atoms with van der Waals surface area (Å²) in [5.74, 6) is 2.00. The molecule has 2 aliphatic carbocycles. The van der Waals surface area contributed by atoms with Crippen LogP contribution in [-0.4, -0.2) is 20.0 Å². The van der Waals surface area contributed by atoms with Crippen LogP contribution in [0.1, 0.15) is 36.8 Å². The summed E-state index contributed by atoms with van der Waals surface area (Å²) in [4.78, 5) is 12.2. The fourth-order valence-corrected chi connectivity index (χ4v) is 4.53. The number of rotatable bonds is 3. The monoisotopic (exact) mass is 320 g/mol. The zero-order valence-corrected chi connectivity index (χ0v) is 13.8. The van der Waals surface area contributed by atoms with E-state index in [1.807, 2.05) is 6.08 Å². The third-order valence-electron chi connectivity index (χ3n) is 5.29. The standard InChI is InChI=1S/C18H21ClO3/c1-4-18-10-12(20)7-5-11(18)6-8-13-14(19)9-15(21-2)17(22-3)16(13)18/h4,9,11H,1,5-8,10H2,2-3H3/t11-,18-/m0/s1. The molecule has 1 aromatic rings. The third-order valence-corrected chi connectivity index (χ3v) is 5.62. The molecule has 0 aliphatic heterocycles. The van der Waals surface area contributed by atoms with Crippen molar-refractivity contribution in [3.63, 3.8) is 0 Å². The molecule has 1 fully saturated rings. The van der Waals surface area contributed by atoms with Crippen LogP contribution in [0.15, 0.2) is 18.7 Å². The average molecular weight is 321 g/mol. The van der Waals surface area contributed by atoms with Gasteiger partial charge in [0, 0.05) is 34.9 Å². The summed E-state index contributed by atoms with van der Waals surface area (Å²) >= 11 is 6.49. The van der Waals surface area contributed by atoms with E-state index in [0.717, 1.165) is 30.4 Å². The first-order valence-corrected chi connectivity index (χ1v) is 8.04. The number of fused-ring (bicyclic) bond motifs is 3. The maximum Gasteiger partial charge on any atom is 0.165 e. The summed E-state index contributed by atoms with van der Waals surface area (Å²) < 4.78 is 11.1. The molecule has 0 spiro atoms. The number of hydrogen-bond donors (Lipinski definition) is 0. The molecular formula is C18H21ClO3. The molecule has 0 amide bonds. The molecule has 3 nitrogen and oxygen atoms in total. The molecule has 0 N–H and O–H groups in total. The first-order valence-electron chi connectivity index (χ1n) is 7.66. The van der Waals surface area contributed by atoms with Gasteiger partial charge in [0.15, 0.2) is 11.5 Å². The van der Waals surface area contributed by atoms with Crippen LogP contribution in [-0.2, 0) is 16.6 Å². The number of halogens is 1. The summed E-state index contributed by atoms with van der Waals surface area (Å²) in [5, 5.41) is 0.686. The molecule has 0 saturated heterocycles. The lowest BCUT2D eigenvalue weighted by Gasteiger charge is -2.47. The van der Waals surface area contributed by atoms with Gasteiger partial charge >= 0.3 is 0 Å². The zero-order valence-electron chi connectivity index (χ0n) is 13.1. The summed E-state index contributed by atoms with van der Waals surface area (Å²) in [7, 11) is 3.24. The summed E-state index contributed by atoms with van der Waals surface area (Å²) in [6.45, 7) is 4.06. The van der Waals surface area contributed by atoms with Gasteiger partial charge in [0.2, 0.25) is 0 Å². The van der Waals surface area contributed by atoms with E-state index in [1.165, 1.54) is 0 Å². The number of allylic oxidation sites excluding steroid dienone is 1. The number of Topliss-reactive ketones (excluding diaryl/α,β-unsaturated/α-hetero) is 1. The van der Waals surface area contributed by atoms with Gasteiger partial charge in [0.1, 0.15) is 5.78 Å². The molecule has 1 saturated carbocycles. The van der Waals surface area contributed by atoms with Crippen molar-refractivity contribution >= 4 is 17.4 Å². The van der Waals surface area contributed by atoms with Crippen LogP contribution >= 0.6 is 11.6 Å². The van der Waals surface area contributed by atoms with Gasteiger partial charge in [0.25, 0.3) is 0 Å². The van der Waals surface area contributed by atoms with E-state index in [1.54, 1.807) is 20.3 Å². The van der Waals surface area contributed by atoms with Gasteiger partial charge in [-0.25, -0.2) is 0 Å². The number of carbonyl (C=O) groups is 1. The highest BCUT2D eigenvalue weighted by atomic mass is 35.5. The first kappa shape index (κ1) is 15.4. The summed E-state index contributed by atoms with van der Waals surface area (Å²) in [5.41, 5.74) is 1.70. The number of ketones is 1. The topological polar surface area (TPSA) is 35.5 Å². The van der Waals surface area contributed by atoms with Crippen LogP contribution in [0.2, 0.25) is 5.02 Å². The van der Waals surface area contributed by atoms with Crippen molar-refractivity contribution in [2.24, 2.45) is 5.92 Å². The van der Waals surface area contributed by atoms with Crippen molar-refractivity contribution in [2.45, 2.75) is 37.5 Å². The van der Waals surface area contributed by atoms with Crippen molar-refractivity contribution in [3.8, 4) is 11.5 Å². The SMILES string of the molecule is C=C[C@]12CC(=O)CC[C@H]1CCc1c(Cl)cc(OC)c(OC)c12. The van der Waals surface area contributed by atoms with Gasteiger partial charge in [0.05, 0.1) is 14.2 Å². The van der Waals surface area contributed by atoms with E-state index in [9.17, 15) is 4.79 Å². The Labute approximate surface area is 136 Å². The van der Waals surface area contributed by atoms with Gasteiger partial charge in [-0.3, -0.25) is 4.79 Å². The second-order valence-corrected chi connectivity index (χ2v) is 6.59. The van der Waals surface area contributed by atoms with E-state index < -0.39 is 0 Å². The molecule has 0 bridgehead atoms. The second-order valence-electron chi connectivity index (χ2n) is 6.18. The highest BCUT2D eigenvalue weighted by Crippen LogP contribution is 2.56. The lowest BCUT2D eigenvalue weighted by atomic mass is 9.56. The van der Waals surface area contributed by atoms with Crippen LogP contribution in [0.4, 0.5) is 0 Å². The minimum absolute atomic E-state index is 0.282. The molecule has 4 heteroatoms. The van der Waals surface area contributed by atoms with E-state index >= 15 is 0 Å². The lowest BCUT2D eigenvalue weighted by Crippen LogP contribution is -2.43. The predicted molar refractivity (Wildman–Crippen MR) is 87.1 cm³/mol. The van der Waals surface area contributed by atoms with Gasteiger partial charge in [-0.05, 0) is 30.7 Å². The van der Waals surface area contributed by atoms with Crippen molar-refractivity contribution in [3.05, 3.63) is 34.9 Å². The second kappa shape index (κ2) is 5.62. The van der Waals surface area contributed by atoms with Crippen molar-refractivity contribution in [2.75, 3.05) is 14.2 Å². The van der Waals surface area contributed by atoms with Crippen LogP contribution in [0.5, 0.6) is 11.5 Å². The molecule has 0 unspecified atom stereocenters. The molecule has 1 aromatic carbocycles. The van der Waals surface area contributed by atoms with E-state index in [4.69, 9.17) is 21.1 Å². The van der Waals surface area contributed by atoms with Gasteiger partial charge in [-0.15, -0.1) is 6.58 Å². The van der Waals surface area contributed by atoms with Gasteiger partial charge in [-0.2, -0.15) is 0 Å². The predicted octanol–water partition coefficient (Wildman–Crippen LogP) is 4.10. The zero-order chi connectivity index (χ0) is 15.9. The third kappa shape index (κ3) is 2.06. The Bertz CT molecular complexity index is 638. The Balaban J connectivity index is 2.31. The van der Waals surface area contributed by atoms with Crippen molar-refractivity contribution in [1.82, 2.24) is 0 Å². The number of benzene rings is 1. The maximum absolute atomic E-state index is 12.2. The number of methoxy groups -OCH3 is 2. The maximum atomic E-state index is 12.2. The largest absolute Gasteiger partial charge is 0.493 e. The van der Waals surface area contributed by atoms with E-state index in [-0.39, 0.29) is 11.2 Å². The number of carbonyl (C=O) groups excluding carboxylic acids is 1. The molecule has 3 rings (SSSR count). The minimum atomic E-state index is -0.383. The van der Waals surface area contributed by atoms with Gasteiger partial charge < -0.3 is 9.47 Å². The number of ether oxygens (including phenoxy) is 2. The Kier molecular flexibility index (Phi) is 3.94. The van der Waals surface area contributed by atoms with E-state index in [2.05, 4.69) is 6.58 Å². The van der Waals surface area contributed by atoms with Crippen LogP contribution in [0.3, 0.4) is 0 Å². The van der Waals surface area contributed by atoms with Crippen LogP contribution in [0.25, 0.3) is 0 Å². The van der Waals surface area contributed by atoms with Gasteiger partial charge in [-0.1, -0.05) is 17.7 Å². The highest BCUT2D eigenvalue weighted by molar-refractivity contribution is 6.31. The molecule has 2 atom stereocenters. The average Bonchev–Trinajstić information content (AvgIpc) is 2.54. The fourth-order valence-electron chi connectivity index (χ4n) is 4.24. The van der Waals surface area contributed by atoms with Crippen molar-refractivity contribution < 1.29 is 14.3 Å². The first-order chi connectivity index (χ1) is 10.6. The lowest BCUT2D eigenvalue weighted by molar-refractivity contribution is -0.123. The Morgan fingerprint density at radius 3 is 2.68 bits per heavy atom. The molecule has 0 radical (unpaired) electrons. The van der Waals surface area contributed by atoms with Crippen LogP contribution < -0.4 is 9.47 Å².